The fourth-order valence-electron chi connectivity index (χ4n) is 2.94. The Bertz CT molecular complexity index is 644. The standard InChI is InChI=1S/C15H16ClF2N3/c16-11-3-1-2-10(8-11)12-13(20-21-14(12)19)9-4-6-15(17,18)7-5-9/h1-3,8-9H,4-7H2,(H3,19,20,21). The average Bonchev–Trinajstić information content (AvgIpc) is 2.80. The Balaban J connectivity index is 1.95. The summed E-state index contributed by atoms with van der Waals surface area (Å²) < 4.78 is 26.6. The van der Waals surface area contributed by atoms with Gasteiger partial charge in [-0.3, -0.25) is 5.10 Å². The summed E-state index contributed by atoms with van der Waals surface area (Å²) in [6.07, 6.45) is 0.682. The van der Waals surface area contributed by atoms with Gasteiger partial charge in [0, 0.05) is 35.0 Å². The van der Waals surface area contributed by atoms with E-state index in [2.05, 4.69) is 10.2 Å². The van der Waals surface area contributed by atoms with Gasteiger partial charge in [-0.05, 0) is 30.5 Å². The summed E-state index contributed by atoms with van der Waals surface area (Å²) in [5.74, 6) is -2.13. The molecular formula is C15H16ClF2N3. The van der Waals surface area contributed by atoms with Gasteiger partial charge in [-0.15, -0.1) is 0 Å². The van der Waals surface area contributed by atoms with E-state index in [9.17, 15) is 8.78 Å². The second-order valence-electron chi connectivity index (χ2n) is 5.54. The molecule has 0 aliphatic heterocycles. The zero-order valence-electron chi connectivity index (χ0n) is 11.4. The molecule has 3 rings (SSSR count). The van der Waals surface area contributed by atoms with E-state index in [1.54, 1.807) is 6.07 Å². The van der Waals surface area contributed by atoms with Gasteiger partial charge in [0.2, 0.25) is 5.92 Å². The summed E-state index contributed by atoms with van der Waals surface area (Å²) in [6.45, 7) is 0. The van der Waals surface area contributed by atoms with Gasteiger partial charge in [-0.25, -0.2) is 8.78 Å². The van der Waals surface area contributed by atoms with E-state index < -0.39 is 5.92 Å². The smallest absolute Gasteiger partial charge is 0.248 e. The molecule has 2 aromatic rings. The second-order valence-corrected chi connectivity index (χ2v) is 5.97. The van der Waals surface area contributed by atoms with E-state index in [0.29, 0.717) is 23.7 Å². The van der Waals surface area contributed by atoms with Crippen molar-refractivity contribution < 1.29 is 8.78 Å². The van der Waals surface area contributed by atoms with Crippen molar-refractivity contribution in [2.45, 2.75) is 37.5 Å². The van der Waals surface area contributed by atoms with Crippen LogP contribution < -0.4 is 5.73 Å². The van der Waals surface area contributed by atoms with Gasteiger partial charge in [0.1, 0.15) is 0 Å². The summed E-state index contributed by atoms with van der Waals surface area (Å²) in [6, 6.07) is 7.32. The molecule has 6 heteroatoms. The Morgan fingerprint density at radius 3 is 2.67 bits per heavy atom. The van der Waals surface area contributed by atoms with Crippen LogP contribution in [0.3, 0.4) is 0 Å². The van der Waals surface area contributed by atoms with Gasteiger partial charge < -0.3 is 5.73 Å². The Kier molecular flexibility index (Phi) is 3.61. The third-order valence-corrected chi connectivity index (χ3v) is 4.30. The number of hydrogen-bond donors (Lipinski definition) is 2. The number of aromatic amines is 1. The van der Waals surface area contributed by atoms with Crippen molar-refractivity contribution in [3.05, 3.63) is 35.0 Å². The number of rotatable bonds is 2. The van der Waals surface area contributed by atoms with Crippen molar-refractivity contribution in [3.8, 4) is 11.1 Å². The molecule has 3 nitrogen and oxygen atoms in total. The molecule has 0 spiro atoms. The highest BCUT2D eigenvalue weighted by Gasteiger charge is 2.37. The quantitative estimate of drug-likeness (QED) is 0.851. The van der Waals surface area contributed by atoms with E-state index in [1.165, 1.54) is 0 Å². The normalized spacial score (nSPS) is 18.8. The SMILES string of the molecule is Nc1n[nH]c(C2CCC(F)(F)CC2)c1-c1cccc(Cl)c1. The Hall–Kier alpha value is -1.62. The Morgan fingerprint density at radius 1 is 1.29 bits per heavy atom. The predicted molar refractivity (Wildman–Crippen MR) is 79.6 cm³/mol. The average molecular weight is 312 g/mol. The summed E-state index contributed by atoms with van der Waals surface area (Å²) in [4.78, 5) is 0. The summed E-state index contributed by atoms with van der Waals surface area (Å²) in [5, 5.41) is 7.59. The maximum Gasteiger partial charge on any atom is 0.248 e. The van der Waals surface area contributed by atoms with Gasteiger partial charge in [0.05, 0.1) is 0 Å². The lowest BCUT2D eigenvalue weighted by Gasteiger charge is -2.28. The minimum Gasteiger partial charge on any atom is -0.382 e. The number of aromatic nitrogens is 2. The van der Waals surface area contributed by atoms with Crippen LogP contribution >= 0.6 is 11.6 Å². The molecule has 112 valence electrons. The fraction of sp³-hybridized carbons (Fsp3) is 0.400. The number of halogens is 3. The largest absolute Gasteiger partial charge is 0.382 e. The van der Waals surface area contributed by atoms with Crippen molar-refractivity contribution in [3.63, 3.8) is 0 Å². The van der Waals surface area contributed by atoms with E-state index in [4.69, 9.17) is 17.3 Å². The molecule has 1 aromatic heterocycles. The molecule has 0 radical (unpaired) electrons. The molecule has 0 saturated heterocycles. The molecule has 21 heavy (non-hydrogen) atoms. The second kappa shape index (κ2) is 5.30. The van der Waals surface area contributed by atoms with Gasteiger partial charge in [0.25, 0.3) is 0 Å². The van der Waals surface area contributed by atoms with E-state index >= 15 is 0 Å². The van der Waals surface area contributed by atoms with Crippen molar-refractivity contribution in [1.82, 2.24) is 10.2 Å². The zero-order valence-corrected chi connectivity index (χ0v) is 12.1. The number of H-pyrrole nitrogens is 1. The first-order valence-corrected chi connectivity index (χ1v) is 7.31. The van der Waals surface area contributed by atoms with Crippen LogP contribution in [-0.2, 0) is 0 Å². The molecule has 0 atom stereocenters. The number of benzene rings is 1. The molecule has 1 aliphatic carbocycles. The maximum atomic E-state index is 13.3. The fourth-order valence-corrected chi connectivity index (χ4v) is 3.13. The Labute approximate surface area is 126 Å². The number of hydrogen-bond acceptors (Lipinski definition) is 2. The van der Waals surface area contributed by atoms with Crippen LogP contribution in [0.2, 0.25) is 5.02 Å². The number of nitrogen functional groups attached to an aromatic ring is 1. The predicted octanol–water partition coefficient (Wildman–Crippen LogP) is 4.61. The lowest BCUT2D eigenvalue weighted by Crippen LogP contribution is -2.24. The third-order valence-electron chi connectivity index (χ3n) is 4.06. The van der Waals surface area contributed by atoms with Crippen molar-refractivity contribution in [2.75, 3.05) is 5.73 Å². The minimum atomic E-state index is -2.54. The highest BCUT2D eigenvalue weighted by atomic mass is 35.5. The Morgan fingerprint density at radius 2 is 2.00 bits per heavy atom. The molecule has 1 saturated carbocycles. The molecule has 0 amide bonds. The van der Waals surface area contributed by atoms with Crippen LogP contribution in [0.4, 0.5) is 14.6 Å². The highest BCUT2D eigenvalue weighted by molar-refractivity contribution is 6.30. The van der Waals surface area contributed by atoms with Gasteiger partial charge in [0.15, 0.2) is 5.82 Å². The summed E-state index contributed by atoms with van der Waals surface area (Å²) in [5.41, 5.74) is 8.44. The topological polar surface area (TPSA) is 54.7 Å². The molecular weight excluding hydrogens is 296 g/mol. The number of nitrogens with one attached hydrogen (secondary N) is 1. The van der Waals surface area contributed by atoms with Crippen molar-refractivity contribution in [1.29, 1.82) is 0 Å². The van der Waals surface area contributed by atoms with Gasteiger partial charge >= 0.3 is 0 Å². The minimum absolute atomic E-state index is 0.0309. The molecule has 1 aromatic carbocycles. The van der Waals surface area contributed by atoms with Crippen molar-refractivity contribution in [2.24, 2.45) is 0 Å². The maximum absolute atomic E-state index is 13.3. The van der Waals surface area contributed by atoms with Gasteiger partial charge in [-0.2, -0.15) is 5.10 Å². The molecule has 1 aliphatic rings. The first-order valence-electron chi connectivity index (χ1n) is 6.94. The number of nitrogens with two attached hydrogens (primary N) is 1. The summed E-state index contributed by atoms with van der Waals surface area (Å²) >= 11 is 6.02. The first-order chi connectivity index (χ1) is 9.96. The molecule has 1 fully saturated rings. The monoisotopic (exact) mass is 311 g/mol. The third kappa shape index (κ3) is 2.88. The number of alkyl halides is 2. The van der Waals surface area contributed by atoms with E-state index in [-0.39, 0.29) is 18.8 Å². The number of nitrogens with zero attached hydrogens (tertiary/aromatic N) is 1. The molecule has 0 bridgehead atoms. The van der Waals surface area contributed by atoms with Crippen LogP contribution in [0.25, 0.3) is 11.1 Å². The highest BCUT2D eigenvalue weighted by Crippen LogP contribution is 2.44. The lowest BCUT2D eigenvalue weighted by molar-refractivity contribution is -0.0384. The first kappa shape index (κ1) is 14.3. The molecule has 3 N–H and O–H groups in total. The summed E-state index contributed by atoms with van der Waals surface area (Å²) in [7, 11) is 0. The van der Waals surface area contributed by atoms with Crippen molar-refractivity contribution >= 4 is 17.4 Å². The van der Waals surface area contributed by atoms with Crippen LogP contribution in [0.15, 0.2) is 24.3 Å². The number of anilines is 1. The molecule has 1 heterocycles. The van der Waals surface area contributed by atoms with E-state index in [0.717, 1.165) is 16.8 Å². The lowest BCUT2D eigenvalue weighted by atomic mass is 9.82. The molecule has 0 unspecified atom stereocenters. The van der Waals surface area contributed by atoms with Crippen LogP contribution in [0.1, 0.15) is 37.3 Å². The van der Waals surface area contributed by atoms with E-state index in [1.807, 2.05) is 18.2 Å². The zero-order chi connectivity index (χ0) is 15.0. The van der Waals surface area contributed by atoms with Gasteiger partial charge in [-0.1, -0.05) is 23.7 Å². The van der Waals surface area contributed by atoms with Crippen LogP contribution in [0.5, 0.6) is 0 Å². The van der Waals surface area contributed by atoms with Crippen LogP contribution in [0, 0.1) is 0 Å². The van der Waals surface area contributed by atoms with Crippen LogP contribution in [-0.4, -0.2) is 16.1 Å².